The summed E-state index contributed by atoms with van der Waals surface area (Å²) < 4.78 is 5.29. The second kappa shape index (κ2) is 7.63. The highest BCUT2D eigenvalue weighted by atomic mass is 16.6. The number of ketones is 1. The molecular weight excluding hydrogens is 324 g/mol. The number of ether oxygens (including phenoxy) is 1. The highest BCUT2D eigenvalue weighted by molar-refractivity contribution is 6.06. The summed E-state index contributed by atoms with van der Waals surface area (Å²) in [5, 5.41) is 10.6. The van der Waals surface area contributed by atoms with Gasteiger partial charge in [0.2, 0.25) is 5.95 Å². The van der Waals surface area contributed by atoms with Gasteiger partial charge in [0, 0.05) is 48.7 Å². The van der Waals surface area contributed by atoms with Crippen LogP contribution in [0.25, 0.3) is 6.08 Å². The minimum absolute atomic E-state index is 0.0485. The Hall–Kier alpha value is -3.13. The maximum atomic E-state index is 12.1. The van der Waals surface area contributed by atoms with Crippen LogP contribution < -0.4 is 4.90 Å². The first-order valence-corrected chi connectivity index (χ1v) is 7.75. The zero-order valence-corrected chi connectivity index (χ0v) is 13.4. The number of nitro groups is 1. The number of rotatable bonds is 5. The zero-order chi connectivity index (χ0) is 17.6. The van der Waals surface area contributed by atoms with Gasteiger partial charge in [-0.3, -0.25) is 14.9 Å². The number of hydrogen-bond acceptors (Lipinski definition) is 7. The van der Waals surface area contributed by atoms with Gasteiger partial charge in [0.1, 0.15) is 0 Å². The Morgan fingerprint density at radius 3 is 2.40 bits per heavy atom. The van der Waals surface area contributed by atoms with Crippen molar-refractivity contribution in [2.45, 2.75) is 0 Å². The third kappa shape index (κ3) is 4.24. The number of aromatic nitrogens is 2. The van der Waals surface area contributed by atoms with Crippen LogP contribution in [-0.2, 0) is 4.74 Å². The highest BCUT2D eigenvalue weighted by Crippen LogP contribution is 2.14. The van der Waals surface area contributed by atoms with Crippen LogP contribution in [0.4, 0.5) is 11.6 Å². The van der Waals surface area contributed by atoms with Gasteiger partial charge in [-0.2, -0.15) is 0 Å². The van der Waals surface area contributed by atoms with E-state index in [9.17, 15) is 14.9 Å². The Kier molecular flexibility index (Phi) is 5.10. The van der Waals surface area contributed by atoms with Crippen LogP contribution in [0, 0.1) is 10.1 Å². The van der Waals surface area contributed by atoms with E-state index in [0.717, 1.165) is 13.1 Å². The number of non-ortho nitro benzene ring substituents is 1. The van der Waals surface area contributed by atoms with Crippen LogP contribution in [0.5, 0.6) is 0 Å². The molecule has 0 unspecified atom stereocenters. The maximum absolute atomic E-state index is 12.1. The predicted molar refractivity (Wildman–Crippen MR) is 91.5 cm³/mol. The van der Waals surface area contributed by atoms with Crippen molar-refractivity contribution < 1.29 is 14.5 Å². The lowest BCUT2D eigenvalue weighted by Crippen LogP contribution is -2.37. The first-order valence-electron chi connectivity index (χ1n) is 7.75. The molecular formula is C17H16N4O4. The molecule has 1 aromatic carbocycles. The number of nitrogens with zero attached hydrogens (tertiary/aromatic N) is 4. The molecule has 1 aliphatic heterocycles. The van der Waals surface area contributed by atoms with Crippen LogP contribution >= 0.6 is 0 Å². The average molecular weight is 340 g/mol. The van der Waals surface area contributed by atoms with Crippen molar-refractivity contribution in [3.8, 4) is 0 Å². The molecule has 0 amide bonds. The molecule has 0 aliphatic carbocycles. The standard InChI is InChI=1S/C17H16N4O4/c22-16(14-2-4-15(5-3-14)21(23)24)6-1-13-11-18-17(19-12-13)20-7-9-25-10-8-20/h1-6,11-12H,7-10H2/b6-1+. The van der Waals surface area contributed by atoms with E-state index in [0.29, 0.717) is 30.3 Å². The van der Waals surface area contributed by atoms with Gasteiger partial charge in [-0.15, -0.1) is 0 Å². The topological polar surface area (TPSA) is 98.5 Å². The lowest BCUT2D eigenvalue weighted by Gasteiger charge is -2.26. The van der Waals surface area contributed by atoms with Crippen molar-refractivity contribution in [2.75, 3.05) is 31.2 Å². The van der Waals surface area contributed by atoms with E-state index < -0.39 is 4.92 Å². The monoisotopic (exact) mass is 340 g/mol. The third-order valence-electron chi connectivity index (χ3n) is 3.74. The molecule has 0 bridgehead atoms. The predicted octanol–water partition coefficient (Wildman–Crippen LogP) is 2.12. The molecule has 0 saturated carbocycles. The molecule has 2 heterocycles. The Bertz CT molecular complexity index is 781. The van der Waals surface area contributed by atoms with Gasteiger partial charge in [-0.05, 0) is 24.3 Å². The largest absolute Gasteiger partial charge is 0.378 e. The fourth-order valence-corrected chi connectivity index (χ4v) is 2.36. The summed E-state index contributed by atoms with van der Waals surface area (Å²) in [6.07, 6.45) is 6.32. The number of allylic oxidation sites excluding steroid dienone is 1. The summed E-state index contributed by atoms with van der Waals surface area (Å²) in [6.45, 7) is 2.84. The van der Waals surface area contributed by atoms with Gasteiger partial charge >= 0.3 is 0 Å². The van der Waals surface area contributed by atoms with E-state index in [1.54, 1.807) is 18.5 Å². The van der Waals surface area contributed by atoms with Crippen LogP contribution in [0.1, 0.15) is 15.9 Å². The Morgan fingerprint density at radius 2 is 1.80 bits per heavy atom. The van der Waals surface area contributed by atoms with E-state index in [4.69, 9.17) is 4.74 Å². The molecule has 0 N–H and O–H groups in total. The summed E-state index contributed by atoms with van der Waals surface area (Å²) in [5.74, 6) is 0.397. The summed E-state index contributed by atoms with van der Waals surface area (Å²) >= 11 is 0. The zero-order valence-electron chi connectivity index (χ0n) is 13.4. The van der Waals surface area contributed by atoms with E-state index in [-0.39, 0.29) is 11.5 Å². The SMILES string of the molecule is O=C(/C=C/c1cnc(N2CCOCC2)nc1)c1ccc([N+](=O)[O-])cc1. The maximum Gasteiger partial charge on any atom is 0.269 e. The van der Waals surface area contributed by atoms with Crippen LogP contribution in [0.15, 0.2) is 42.7 Å². The summed E-state index contributed by atoms with van der Waals surface area (Å²) in [5.41, 5.74) is 1.03. The van der Waals surface area contributed by atoms with Gasteiger partial charge < -0.3 is 9.64 Å². The van der Waals surface area contributed by atoms with E-state index >= 15 is 0 Å². The molecule has 8 nitrogen and oxygen atoms in total. The number of carbonyl (C=O) groups is 1. The number of anilines is 1. The molecule has 0 atom stereocenters. The molecule has 0 spiro atoms. The molecule has 1 fully saturated rings. The number of carbonyl (C=O) groups excluding carboxylic acids is 1. The summed E-state index contributed by atoms with van der Waals surface area (Å²) in [4.78, 5) is 32.9. The molecule has 0 radical (unpaired) electrons. The fourth-order valence-electron chi connectivity index (χ4n) is 2.36. The van der Waals surface area contributed by atoms with Gasteiger partial charge in [0.05, 0.1) is 18.1 Å². The Labute approximate surface area is 143 Å². The quantitative estimate of drug-likeness (QED) is 0.356. The van der Waals surface area contributed by atoms with Crippen molar-refractivity contribution in [3.05, 3.63) is 64.0 Å². The molecule has 128 valence electrons. The molecule has 1 saturated heterocycles. The normalized spacial score (nSPS) is 14.6. The van der Waals surface area contributed by atoms with Crippen molar-refractivity contribution >= 4 is 23.5 Å². The fraction of sp³-hybridized carbons (Fsp3) is 0.235. The van der Waals surface area contributed by atoms with Crippen molar-refractivity contribution in [2.24, 2.45) is 0 Å². The highest BCUT2D eigenvalue weighted by Gasteiger charge is 2.13. The first kappa shape index (κ1) is 16.7. The smallest absolute Gasteiger partial charge is 0.269 e. The number of morpholine rings is 1. The number of benzene rings is 1. The van der Waals surface area contributed by atoms with Crippen molar-refractivity contribution in [1.29, 1.82) is 0 Å². The molecule has 3 rings (SSSR count). The number of nitro benzene ring substituents is 1. The Morgan fingerprint density at radius 1 is 1.16 bits per heavy atom. The van der Waals surface area contributed by atoms with Crippen LogP contribution in [0.2, 0.25) is 0 Å². The van der Waals surface area contributed by atoms with Gasteiger partial charge in [-0.25, -0.2) is 9.97 Å². The van der Waals surface area contributed by atoms with Gasteiger partial charge in [0.25, 0.3) is 5.69 Å². The minimum Gasteiger partial charge on any atom is -0.378 e. The van der Waals surface area contributed by atoms with Gasteiger partial charge in [0.15, 0.2) is 5.78 Å². The van der Waals surface area contributed by atoms with Crippen molar-refractivity contribution in [1.82, 2.24) is 9.97 Å². The van der Waals surface area contributed by atoms with Crippen molar-refractivity contribution in [3.63, 3.8) is 0 Å². The minimum atomic E-state index is -0.503. The lowest BCUT2D eigenvalue weighted by atomic mass is 10.1. The molecule has 8 heteroatoms. The first-order chi connectivity index (χ1) is 12.1. The molecule has 1 aliphatic rings. The van der Waals surface area contributed by atoms with E-state index in [2.05, 4.69) is 9.97 Å². The third-order valence-corrected chi connectivity index (χ3v) is 3.74. The van der Waals surface area contributed by atoms with Crippen LogP contribution in [-0.4, -0.2) is 47.0 Å². The number of hydrogen-bond donors (Lipinski definition) is 0. The van der Waals surface area contributed by atoms with E-state index in [1.165, 1.54) is 30.3 Å². The second-order valence-electron chi connectivity index (χ2n) is 5.42. The molecule has 2 aromatic rings. The van der Waals surface area contributed by atoms with E-state index in [1.807, 2.05) is 4.90 Å². The lowest BCUT2D eigenvalue weighted by molar-refractivity contribution is -0.384. The Balaban J connectivity index is 1.64. The molecule has 1 aromatic heterocycles. The molecule has 25 heavy (non-hydrogen) atoms. The van der Waals surface area contributed by atoms with Crippen LogP contribution in [0.3, 0.4) is 0 Å². The summed E-state index contributed by atoms with van der Waals surface area (Å²) in [6, 6.07) is 5.48. The second-order valence-corrected chi connectivity index (χ2v) is 5.42. The summed E-state index contributed by atoms with van der Waals surface area (Å²) in [7, 11) is 0. The average Bonchev–Trinajstić information content (AvgIpc) is 2.67. The van der Waals surface area contributed by atoms with Gasteiger partial charge in [-0.1, -0.05) is 0 Å².